The van der Waals surface area contributed by atoms with E-state index in [9.17, 15) is 14.4 Å². The van der Waals surface area contributed by atoms with Crippen molar-refractivity contribution in [2.24, 2.45) is 5.73 Å². The van der Waals surface area contributed by atoms with Crippen molar-refractivity contribution < 1.29 is 29.0 Å². The molecule has 1 amide bonds. The predicted molar refractivity (Wildman–Crippen MR) is 129 cm³/mol. The number of primary amides is 1. The lowest BCUT2D eigenvalue weighted by Gasteiger charge is -2.12. The normalized spacial score (nSPS) is 10.9. The number of carbonyl (C=O) groups is 3. The van der Waals surface area contributed by atoms with Gasteiger partial charge in [0.25, 0.3) is 11.7 Å². The molecule has 35 heavy (non-hydrogen) atoms. The minimum atomic E-state index is -1.17. The van der Waals surface area contributed by atoms with Gasteiger partial charge in [0.1, 0.15) is 5.75 Å². The van der Waals surface area contributed by atoms with E-state index in [4.69, 9.17) is 20.3 Å². The number of benzene rings is 2. The van der Waals surface area contributed by atoms with E-state index in [0.717, 1.165) is 16.7 Å². The molecule has 0 radical (unpaired) electrons. The van der Waals surface area contributed by atoms with Crippen LogP contribution >= 0.6 is 0 Å². The van der Waals surface area contributed by atoms with E-state index in [-0.39, 0.29) is 23.4 Å². The zero-order chi connectivity index (χ0) is 24.9. The molecule has 0 saturated heterocycles. The number of carboxylic acid groups (broad SMARTS) is 1. The number of amides is 1. The first-order chi connectivity index (χ1) is 16.9. The molecule has 0 aliphatic heterocycles. The maximum absolute atomic E-state index is 13.0. The van der Waals surface area contributed by atoms with E-state index in [0.29, 0.717) is 17.7 Å². The number of carboxylic acids is 1. The molecule has 0 aliphatic carbocycles. The van der Waals surface area contributed by atoms with Crippen LogP contribution in [0.5, 0.6) is 5.75 Å². The summed E-state index contributed by atoms with van der Waals surface area (Å²) in [6.07, 6.45) is 2.14. The van der Waals surface area contributed by atoms with Gasteiger partial charge in [-0.15, -0.1) is 0 Å². The zero-order valence-electron chi connectivity index (χ0n) is 19.1. The fourth-order valence-electron chi connectivity index (χ4n) is 4.26. The summed E-state index contributed by atoms with van der Waals surface area (Å²) in [7, 11) is 1.49. The Balaban J connectivity index is 1.96. The van der Waals surface area contributed by atoms with E-state index in [1.54, 1.807) is 22.7 Å². The molecule has 0 aliphatic rings. The van der Waals surface area contributed by atoms with Gasteiger partial charge in [0.05, 0.1) is 17.7 Å². The van der Waals surface area contributed by atoms with Crippen LogP contribution in [0.3, 0.4) is 0 Å². The largest absolute Gasteiger partial charge is 0.480 e. The Morgan fingerprint density at radius 1 is 0.971 bits per heavy atom. The lowest BCUT2D eigenvalue weighted by Crippen LogP contribution is -2.24. The minimum absolute atomic E-state index is 0.0389. The number of rotatable bonds is 10. The second kappa shape index (κ2) is 10.2. The van der Waals surface area contributed by atoms with Crippen LogP contribution in [-0.4, -0.2) is 40.9 Å². The minimum Gasteiger partial charge on any atom is -0.480 e. The first-order valence-corrected chi connectivity index (χ1v) is 10.9. The molecular formula is C27H24N2O6. The van der Waals surface area contributed by atoms with E-state index in [1.807, 2.05) is 54.6 Å². The Morgan fingerprint density at radius 3 is 2.37 bits per heavy atom. The fraction of sp³-hybridized carbons (Fsp3) is 0.148. The van der Waals surface area contributed by atoms with E-state index in [1.165, 1.54) is 7.11 Å². The highest BCUT2D eigenvalue weighted by atomic mass is 16.5. The first kappa shape index (κ1) is 23.7. The van der Waals surface area contributed by atoms with Gasteiger partial charge in [-0.2, -0.15) is 0 Å². The van der Waals surface area contributed by atoms with Gasteiger partial charge < -0.3 is 24.7 Å². The molecular weight excluding hydrogens is 448 g/mol. The summed E-state index contributed by atoms with van der Waals surface area (Å²) in [5.41, 5.74) is 9.95. The van der Waals surface area contributed by atoms with E-state index in [2.05, 4.69) is 0 Å². The van der Waals surface area contributed by atoms with Crippen molar-refractivity contribution in [1.29, 1.82) is 0 Å². The summed E-state index contributed by atoms with van der Waals surface area (Å²) < 4.78 is 12.6. The van der Waals surface area contributed by atoms with Crippen LogP contribution in [0.1, 0.15) is 27.2 Å². The molecule has 178 valence electrons. The highest BCUT2D eigenvalue weighted by Crippen LogP contribution is 2.35. The molecule has 3 N–H and O–H groups in total. The SMILES string of the molecule is COCc1c(C(=O)C(N)=O)c2c(OCC(=O)O)cccn2c1Cc1ccccc1-c1ccccc1. The summed E-state index contributed by atoms with van der Waals surface area (Å²) in [5, 5.41) is 9.10. The van der Waals surface area contributed by atoms with Crippen molar-refractivity contribution in [3.05, 3.63) is 95.3 Å². The summed E-state index contributed by atoms with van der Waals surface area (Å²) in [5.74, 6) is -3.04. The van der Waals surface area contributed by atoms with Crippen molar-refractivity contribution >= 4 is 23.2 Å². The summed E-state index contributed by atoms with van der Waals surface area (Å²) in [4.78, 5) is 36.1. The molecule has 0 fully saturated rings. The summed E-state index contributed by atoms with van der Waals surface area (Å²) in [6.45, 7) is -0.571. The van der Waals surface area contributed by atoms with Crippen LogP contribution < -0.4 is 10.5 Å². The lowest BCUT2D eigenvalue weighted by atomic mass is 9.95. The Morgan fingerprint density at radius 2 is 1.69 bits per heavy atom. The Labute approximate surface area is 201 Å². The van der Waals surface area contributed by atoms with Gasteiger partial charge in [-0.25, -0.2) is 4.79 Å². The highest BCUT2D eigenvalue weighted by molar-refractivity contribution is 6.44. The third kappa shape index (κ3) is 4.78. The van der Waals surface area contributed by atoms with Crippen LogP contribution in [-0.2, 0) is 27.4 Å². The second-order valence-electron chi connectivity index (χ2n) is 7.90. The smallest absolute Gasteiger partial charge is 0.341 e. The third-order valence-electron chi connectivity index (χ3n) is 5.69. The van der Waals surface area contributed by atoms with Crippen molar-refractivity contribution in [3.63, 3.8) is 0 Å². The van der Waals surface area contributed by atoms with Gasteiger partial charge in [-0.05, 0) is 28.8 Å². The van der Waals surface area contributed by atoms with E-state index < -0.39 is 24.3 Å². The maximum Gasteiger partial charge on any atom is 0.341 e. The number of Topliss-reactive ketones (excluding diaryl/α,β-unsaturated/α-hetero) is 1. The Hall–Kier alpha value is -4.43. The van der Waals surface area contributed by atoms with Crippen LogP contribution in [0.15, 0.2) is 72.9 Å². The topological polar surface area (TPSA) is 120 Å². The number of nitrogens with two attached hydrogens (primary N) is 1. The van der Waals surface area contributed by atoms with Crippen molar-refractivity contribution in [2.75, 3.05) is 13.7 Å². The number of methoxy groups -OCH3 is 1. The van der Waals surface area contributed by atoms with Gasteiger partial charge in [0.15, 0.2) is 6.61 Å². The number of pyridine rings is 1. The van der Waals surface area contributed by atoms with Crippen molar-refractivity contribution in [1.82, 2.24) is 4.40 Å². The van der Waals surface area contributed by atoms with Crippen LogP contribution in [0, 0.1) is 0 Å². The number of carbonyl (C=O) groups excluding carboxylic acids is 2. The summed E-state index contributed by atoms with van der Waals surface area (Å²) in [6, 6.07) is 21.1. The van der Waals surface area contributed by atoms with Crippen LogP contribution in [0.25, 0.3) is 16.6 Å². The second-order valence-corrected chi connectivity index (χ2v) is 7.90. The standard InChI is InChI=1S/C27H24N2O6/c1-34-15-20-21(14-18-10-5-6-11-19(18)17-8-3-2-4-9-17)29-13-7-12-22(35-16-23(30)31)25(29)24(20)26(32)27(28)33/h2-13H,14-16H2,1H3,(H2,28,33)(H,30,31). The maximum atomic E-state index is 13.0. The molecule has 0 saturated carbocycles. The highest BCUT2D eigenvalue weighted by Gasteiger charge is 2.29. The molecule has 4 rings (SSSR count). The van der Waals surface area contributed by atoms with Crippen LogP contribution in [0.2, 0.25) is 0 Å². The number of nitrogens with zero attached hydrogens (tertiary/aromatic N) is 1. The number of hydrogen-bond acceptors (Lipinski definition) is 5. The molecule has 0 atom stereocenters. The number of ketones is 1. The molecule has 2 heterocycles. The average molecular weight is 472 g/mol. The third-order valence-corrected chi connectivity index (χ3v) is 5.69. The van der Waals surface area contributed by atoms with Gasteiger partial charge in [-0.1, -0.05) is 54.6 Å². The lowest BCUT2D eigenvalue weighted by molar-refractivity contribution is -0.139. The van der Waals surface area contributed by atoms with Gasteiger partial charge >= 0.3 is 5.97 Å². The molecule has 8 heteroatoms. The molecule has 0 spiro atoms. The first-order valence-electron chi connectivity index (χ1n) is 10.9. The number of hydrogen-bond donors (Lipinski definition) is 2. The van der Waals surface area contributed by atoms with Gasteiger partial charge in [-0.3, -0.25) is 9.59 Å². The monoisotopic (exact) mass is 472 g/mol. The molecule has 0 unspecified atom stereocenters. The number of fused-ring (bicyclic) bond motifs is 1. The average Bonchev–Trinajstić information content (AvgIpc) is 3.16. The summed E-state index contributed by atoms with van der Waals surface area (Å²) >= 11 is 0. The van der Waals surface area contributed by atoms with Crippen molar-refractivity contribution in [2.45, 2.75) is 13.0 Å². The van der Waals surface area contributed by atoms with Gasteiger partial charge in [0, 0.05) is 31.0 Å². The number of aliphatic carboxylic acids is 1. The molecule has 0 bridgehead atoms. The number of aromatic nitrogens is 1. The Bertz CT molecular complexity index is 1410. The zero-order valence-corrected chi connectivity index (χ0v) is 19.1. The molecule has 8 nitrogen and oxygen atoms in total. The fourth-order valence-corrected chi connectivity index (χ4v) is 4.26. The quantitative estimate of drug-likeness (QED) is 0.269. The van der Waals surface area contributed by atoms with Crippen LogP contribution in [0.4, 0.5) is 0 Å². The molecule has 4 aromatic rings. The van der Waals surface area contributed by atoms with Gasteiger partial charge in [0.2, 0.25) is 0 Å². The predicted octanol–water partition coefficient (Wildman–Crippen LogP) is 3.47. The van der Waals surface area contributed by atoms with E-state index >= 15 is 0 Å². The van der Waals surface area contributed by atoms with Crippen molar-refractivity contribution in [3.8, 4) is 16.9 Å². The number of ether oxygens (including phenoxy) is 2. The molecule has 2 aromatic heterocycles. The molecule has 2 aromatic carbocycles. The Kier molecular flexibility index (Phi) is 6.93.